The van der Waals surface area contributed by atoms with Gasteiger partial charge in [0.15, 0.2) is 0 Å². The van der Waals surface area contributed by atoms with Crippen molar-refractivity contribution in [3.63, 3.8) is 0 Å². The van der Waals surface area contributed by atoms with E-state index >= 15 is 0 Å². The van der Waals surface area contributed by atoms with E-state index in [4.69, 9.17) is 11.6 Å². The van der Waals surface area contributed by atoms with Crippen molar-refractivity contribution in [2.45, 2.75) is 39.2 Å². The maximum Gasteiger partial charge on any atom is 0.273 e. The third-order valence-corrected chi connectivity index (χ3v) is 5.09. The molecule has 22 heavy (non-hydrogen) atoms. The SMILES string of the molecule is CC(C)[C@@H]1CN(C(=O)c2[nH]ncc2Cl)CCCN1CC1CC1. The lowest BCUT2D eigenvalue weighted by atomic mass is 10.0. The first kappa shape index (κ1) is 15.8. The highest BCUT2D eigenvalue weighted by atomic mass is 35.5. The minimum Gasteiger partial charge on any atom is -0.336 e. The zero-order valence-corrected chi connectivity index (χ0v) is 14.1. The Hall–Kier alpha value is -1.07. The first-order chi connectivity index (χ1) is 10.6. The summed E-state index contributed by atoms with van der Waals surface area (Å²) in [5.41, 5.74) is 0.416. The second-order valence-corrected chi connectivity index (χ2v) is 7.35. The number of carbonyl (C=O) groups excluding carboxylic acids is 1. The van der Waals surface area contributed by atoms with Crippen LogP contribution in [-0.2, 0) is 0 Å². The zero-order chi connectivity index (χ0) is 15.7. The van der Waals surface area contributed by atoms with Crippen LogP contribution < -0.4 is 0 Å². The first-order valence-electron chi connectivity index (χ1n) is 8.28. The lowest BCUT2D eigenvalue weighted by molar-refractivity contribution is 0.0699. The lowest BCUT2D eigenvalue weighted by Crippen LogP contribution is -2.46. The Labute approximate surface area is 137 Å². The largest absolute Gasteiger partial charge is 0.336 e. The average molecular weight is 325 g/mol. The van der Waals surface area contributed by atoms with Gasteiger partial charge in [-0.05, 0) is 31.1 Å². The van der Waals surface area contributed by atoms with Gasteiger partial charge in [-0.25, -0.2) is 0 Å². The van der Waals surface area contributed by atoms with E-state index in [2.05, 4.69) is 28.9 Å². The number of H-pyrrole nitrogens is 1. The molecule has 0 aromatic carbocycles. The standard InChI is InChI=1S/C16H25ClN4O/c1-11(2)14-10-21(16(22)15-13(17)8-18-19-15)7-3-6-20(14)9-12-4-5-12/h8,11-12,14H,3-7,9-10H2,1-2H3,(H,18,19)/t14-/m0/s1. The van der Waals surface area contributed by atoms with Crippen molar-refractivity contribution < 1.29 is 4.79 Å². The van der Waals surface area contributed by atoms with Crippen molar-refractivity contribution in [2.75, 3.05) is 26.2 Å². The third kappa shape index (κ3) is 3.46. The van der Waals surface area contributed by atoms with Crippen LogP contribution in [-0.4, -0.2) is 58.1 Å². The Morgan fingerprint density at radius 3 is 2.82 bits per heavy atom. The molecule has 1 N–H and O–H groups in total. The molecule has 0 unspecified atom stereocenters. The number of rotatable bonds is 4. The normalized spacial score (nSPS) is 23.8. The monoisotopic (exact) mass is 324 g/mol. The van der Waals surface area contributed by atoms with Crippen LogP contribution in [0.5, 0.6) is 0 Å². The maximum atomic E-state index is 12.7. The Kier molecular flexibility index (Phi) is 4.73. The fourth-order valence-corrected chi connectivity index (χ4v) is 3.49. The molecule has 1 aromatic rings. The predicted octanol–water partition coefficient (Wildman–Crippen LogP) is 2.65. The van der Waals surface area contributed by atoms with Crippen molar-refractivity contribution >= 4 is 17.5 Å². The Morgan fingerprint density at radius 1 is 1.45 bits per heavy atom. The molecule has 0 bridgehead atoms. The first-order valence-corrected chi connectivity index (χ1v) is 8.66. The second-order valence-electron chi connectivity index (χ2n) is 6.95. The number of hydrogen-bond donors (Lipinski definition) is 1. The summed E-state index contributed by atoms with van der Waals surface area (Å²) in [6.45, 7) is 8.34. The van der Waals surface area contributed by atoms with Gasteiger partial charge in [-0.1, -0.05) is 25.4 Å². The van der Waals surface area contributed by atoms with Crippen LogP contribution in [0.25, 0.3) is 0 Å². The number of nitrogens with one attached hydrogen (secondary N) is 1. The molecule has 1 saturated carbocycles. The molecule has 1 saturated heterocycles. The Bertz CT molecular complexity index is 526. The number of halogens is 1. The number of amides is 1. The fraction of sp³-hybridized carbons (Fsp3) is 0.750. The summed E-state index contributed by atoms with van der Waals surface area (Å²) in [4.78, 5) is 17.2. The van der Waals surface area contributed by atoms with Gasteiger partial charge < -0.3 is 4.90 Å². The summed E-state index contributed by atoms with van der Waals surface area (Å²) in [6, 6.07) is 0.425. The molecule has 1 aliphatic heterocycles. The van der Waals surface area contributed by atoms with Gasteiger partial charge in [-0.3, -0.25) is 14.8 Å². The van der Waals surface area contributed by atoms with E-state index in [1.54, 1.807) is 0 Å². The quantitative estimate of drug-likeness (QED) is 0.926. The second kappa shape index (κ2) is 6.59. The minimum atomic E-state index is -0.0265. The van der Waals surface area contributed by atoms with E-state index < -0.39 is 0 Å². The van der Waals surface area contributed by atoms with Crippen molar-refractivity contribution in [1.82, 2.24) is 20.0 Å². The lowest BCUT2D eigenvalue weighted by Gasteiger charge is -2.34. The molecular weight excluding hydrogens is 300 g/mol. The van der Waals surface area contributed by atoms with E-state index in [0.29, 0.717) is 22.7 Å². The van der Waals surface area contributed by atoms with E-state index in [1.807, 2.05) is 4.90 Å². The van der Waals surface area contributed by atoms with Gasteiger partial charge >= 0.3 is 0 Å². The van der Waals surface area contributed by atoms with E-state index in [0.717, 1.165) is 32.0 Å². The van der Waals surface area contributed by atoms with Gasteiger partial charge in [0, 0.05) is 32.2 Å². The summed E-state index contributed by atoms with van der Waals surface area (Å²) < 4.78 is 0. The summed E-state index contributed by atoms with van der Waals surface area (Å²) in [5, 5.41) is 7.00. The van der Waals surface area contributed by atoms with Gasteiger partial charge in [0.05, 0.1) is 11.2 Å². The number of aromatic amines is 1. The smallest absolute Gasteiger partial charge is 0.273 e. The van der Waals surface area contributed by atoms with Crippen molar-refractivity contribution in [3.05, 3.63) is 16.9 Å². The molecule has 6 heteroatoms. The minimum absolute atomic E-state index is 0.0265. The van der Waals surface area contributed by atoms with Gasteiger partial charge in [-0.15, -0.1) is 0 Å². The van der Waals surface area contributed by atoms with Crippen LogP contribution in [0.1, 0.15) is 43.6 Å². The van der Waals surface area contributed by atoms with Crippen LogP contribution in [0.4, 0.5) is 0 Å². The molecule has 1 amide bonds. The van der Waals surface area contributed by atoms with E-state index in [9.17, 15) is 4.79 Å². The molecule has 2 aliphatic rings. The van der Waals surface area contributed by atoms with Crippen LogP contribution in [0.15, 0.2) is 6.20 Å². The number of aromatic nitrogens is 2. The molecule has 5 nitrogen and oxygen atoms in total. The van der Waals surface area contributed by atoms with Crippen molar-refractivity contribution in [3.8, 4) is 0 Å². The molecule has 2 heterocycles. The molecule has 1 atom stereocenters. The van der Waals surface area contributed by atoms with E-state index in [1.165, 1.54) is 25.6 Å². The predicted molar refractivity (Wildman–Crippen MR) is 87.0 cm³/mol. The number of carbonyl (C=O) groups is 1. The van der Waals surface area contributed by atoms with Crippen molar-refractivity contribution in [1.29, 1.82) is 0 Å². The zero-order valence-electron chi connectivity index (χ0n) is 13.4. The highest BCUT2D eigenvalue weighted by Crippen LogP contribution is 2.32. The van der Waals surface area contributed by atoms with E-state index in [-0.39, 0.29) is 5.91 Å². The summed E-state index contributed by atoms with van der Waals surface area (Å²) in [5.74, 6) is 1.39. The highest BCUT2D eigenvalue weighted by Gasteiger charge is 2.34. The highest BCUT2D eigenvalue weighted by molar-refractivity contribution is 6.33. The maximum absolute atomic E-state index is 12.7. The molecule has 0 spiro atoms. The molecule has 1 aromatic heterocycles. The topological polar surface area (TPSA) is 52.2 Å². The molecular formula is C16H25ClN4O. The van der Waals surface area contributed by atoms with Gasteiger partial charge in [0.2, 0.25) is 0 Å². The fourth-order valence-electron chi connectivity index (χ4n) is 3.32. The van der Waals surface area contributed by atoms with Gasteiger partial charge in [0.25, 0.3) is 5.91 Å². The van der Waals surface area contributed by atoms with Crippen LogP contribution in [0.3, 0.4) is 0 Å². The van der Waals surface area contributed by atoms with Crippen LogP contribution >= 0.6 is 11.6 Å². The molecule has 2 fully saturated rings. The van der Waals surface area contributed by atoms with Crippen LogP contribution in [0.2, 0.25) is 5.02 Å². The molecule has 0 radical (unpaired) electrons. The molecule has 122 valence electrons. The third-order valence-electron chi connectivity index (χ3n) is 4.80. The average Bonchev–Trinajstić information content (AvgIpc) is 3.23. The number of nitrogens with zero attached hydrogens (tertiary/aromatic N) is 3. The van der Waals surface area contributed by atoms with Crippen molar-refractivity contribution in [2.24, 2.45) is 11.8 Å². The molecule has 3 rings (SSSR count). The summed E-state index contributed by atoms with van der Waals surface area (Å²) >= 11 is 6.05. The Balaban J connectivity index is 1.73. The van der Waals surface area contributed by atoms with Crippen LogP contribution in [0, 0.1) is 11.8 Å². The number of hydrogen-bond acceptors (Lipinski definition) is 3. The van der Waals surface area contributed by atoms with Gasteiger partial charge in [-0.2, -0.15) is 5.10 Å². The van der Waals surface area contributed by atoms with Gasteiger partial charge in [0.1, 0.15) is 5.69 Å². The molecule has 1 aliphatic carbocycles. The summed E-state index contributed by atoms with van der Waals surface area (Å²) in [7, 11) is 0. The summed E-state index contributed by atoms with van der Waals surface area (Å²) in [6.07, 6.45) is 5.25. The Morgan fingerprint density at radius 2 is 2.23 bits per heavy atom.